The first kappa shape index (κ1) is 30.4. The summed E-state index contributed by atoms with van der Waals surface area (Å²) in [4.78, 5) is 30.0. The Kier molecular flexibility index (Phi) is 8.70. The van der Waals surface area contributed by atoms with E-state index in [1.54, 1.807) is 6.07 Å². The summed E-state index contributed by atoms with van der Waals surface area (Å²) in [5, 5.41) is 3.92. The number of amides is 2. The van der Waals surface area contributed by atoms with Crippen LogP contribution in [0.4, 0.5) is 11.4 Å². The van der Waals surface area contributed by atoms with Crippen LogP contribution in [0, 0.1) is 0 Å². The molecule has 2 aromatic carbocycles. The molecule has 0 saturated carbocycles. The van der Waals surface area contributed by atoms with E-state index >= 15 is 0 Å². The predicted octanol–water partition coefficient (Wildman–Crippen LogP) is 4.16. The molecular formula is C30H41N5O5S. The van der Waals surface area contributed by atoms with Gasteiger partial charge in [0, 0.05) is 51.6 Å². The minimum absolute atomic E-state index is 0.189. The van der Waals surface area contributed by atoms with E-state index in [1.807, 2.05) is 68.5 Å². The molecule has 41 heavy (non-hydrogen) atoms. The van der Waals surface area contributed by atoms with Gasteiger partial charge in [-0.15, -0.1) is 0 Å². The van der Waals surface area contributed by atoms with Crippen molar-refractivity contribution >= 4 is 44.1 Å². The van der Waals surface area contributed by atoms with E-state index in [2.05, 4.69) is 21.0 Å². The molecule has 1 saturated heterocycles. The van der Waals surface area contributed by atoms with Gasteiger partial charge in [0.1, 0.15) is 5.69 Å². The lowest BCUT2D eigenvalue weighted by atomic mass is 9.86. The van der Waals surface area contributed by atoms with Gasteiger partial charge in [-0.25, -0.2) is 8.42 Å². The van der Waals surface area contributed by atoms with Gasteiger partial charge in [-0.05, 0) is 34.7 Å². The monoisotopic (exact) mass is 583 g/mol. The molecule has 2 N–H and O–H groups in total. The number of ether oxygens (including phenoxy) is 1. The van der Waals surface area contributed by atoms with Gasteiger partial charge < -0.3 is 19.5 Å². The molecule has 0 aliphatic carbocycles. The number of aryl methyl sites for hydroxylation is 1. The van der Waals surface area contributed by atoms with E-state index < -0.39 is 10.0 Å². The molecule has 222 valence electrons. The van der Waals surface area contributed by atoms with Gasteiger partial charge in [0.15, 0.2) is 5.75 Å². The number of nitrogens with zero attached hydrogens (tertiary/aromatic N) is 3. The maximum Gasteiger partial charge on any atom is 0.272 e. The van der Waals surface area contributed by atoms with Crippen LogP contribution in [-0.2, 0) is 33.8 Å². The summed E-state index contributed by atoms with van der Waals surface area (Å²) in [7, 11) is -0.276. The van der Waals surface area contributed by atoms with Gasteiger partial charge in [-0.1, -0.05) is 45.9 Å². The Hall–Kier alpha value is -3.57. The molecule has 0 atom stereocenters. The van der Waals surface area contributed by atoms with Gasteiger partial charge >= 0.3 is 0 Å². The van der Waals surface area contributed by atoms with Gasteiger partial charge in [-0.2, -0.15) is 0 Å². The Labute approximate surface area is 242 Å². The molecule has 2 heterocycles. The number of sulfonamides is 1. The third-order valence-electron chi connectivity index (χ3n) is 7.50. The van der Waals surface area contributed by atoms with Gasteiger partial charge in [0.05, 0.1) is 30.3 Å². The second-order valence-corrected chi connectivity index (χ2v) is 13.4. The summed E-state index contributed by atoms with van der Waals surface area (Å²) >= 11 is 0. The van der Waals surface area contributed by atoms with Crippen LogP contribution in [0.2, 0.25) is 0 Å². The van der Waals surface area contributed by atoms with Crippen LogP contribution in [0.15, 0.2) is 36.4 Å². The zero-order valence-corrected chi connectivity index (χ0v) is 25.8. The van der Waals surface area contributed by atoms with Gasteiger partial charge in [0.2, 0.25) is 15.9 Å². The third kappa shape index (κ3) is 6.84. The van der Waals surface area contributed by atoms with E-state index in [4.69, 9.17) is 4.74 Å². The average molecular weight is 584 g/mol. The number of hydrogen-bond donors (Lipinski definition) is 2. The van der Waals surface area contributed by atoms with Crippen LogP contribution in [0.3, 0.4) is 0 Å². The number of carbonyl (C=O) groups is 2. The SMILES string of the molecule is CCC(=O)N1CCN(Cc2cccc3cc(C(=O)Nc4cc(C(C)(C)C)cc(NS(C)(=O)=O)c4OC)n(C)c23)CC1. The minimum Gasteiger partial charge on any atom is -0.492 e. The van der Waals surface area contributed by atoms with Crippen molar-refractivity contribution in [3.63, 3.8) is 0 Å². The van der Waals surface area contributed by atoms with Crippen molar-refractivity contribution in [1.29, 1.82) is 0 Å². The number of methoxy groups -OCH3 is 1. The molecular weight excluding hydrogens is 542 g/mol. The maximum atomic E-state index is 13.7. The summed E-state index contributed by atoms with van der Waals surface area (Å²) in [5.41, 5.74) is 3.69. The smallest absolute Gasteiger partial charge is 0.272 e. The molecule has 11 heteroatoms. The first-order valence-electron chi connectivity index (χ1n) is 13.8. The molecule has 1 aromatic heterocycles. The fourth-order valence-electron chi connectivity index (χ4n) is 5.30. The second-order valence-electron chi connectivity index (χ2n) is 11.6. The minimum atomic E-state index is -3.59. The van der Waals surface area contributed by atoms with Crippen molar-refractivity contribution in [2.45, 2.75) is 46.1 Å². The molecule has 0 radical (unpaired) electrons. The highest BCUT2D eigenvalue weighted by Crippen LogP contribution is 2.39. The van der Waals surface area contributed by atoms with Gasteiger partial charge in [-0.3, -0.25) is 19.2 Å². The Bertz CT molecular complexity index is 1560. The fraction of sp³-hybridized carbons (Fsp3) is 0.467. The molecule has 1 fully saturated rings. The van der Waals surface area contributed by atoms with Crippen LogP contribution in [0.5, 0.6) is 5.75 Å². The molecule has 2 amide bonds. The van der Waals surface area contributed by atoms with E-state index in [1.165, 1.54) is 7.11 Å². The number of aromatic nitrogens is 1. The molecule has 1 aliphatic heterocycles. The lowest BCUT2D eigenvalue weighted by molar-refractivity contribution is -0.132. The Morgan fingerprint density at radius 2 is 1.68 bits per heavy atom. The first-order valence-corrected chi connectivity index (χ1v) is 15.7. The van der Waals surface area contributed by atoms with E-state index in [0.717, 1.165) is 54.5 Å². The van der Waals surface area contributed by atoms with Crippen LogP contribution in [0.1, 0.15) is 55.7 Å². The van der Waals surface area contributed by atoms with Crippen molar-refractivity contribution in [1.82, 2.24) is 14.4 Å². The number of rotatable bonds is 8. The van der Waals surface area contributed by atoms with E-state index in [-0.39, 0.29) is 28.7 Å². The highest BCUT2D eigenvalue weighted by atomic mass is 32.2. The van der Waals surface area contributed by atoms with E-state index in [0.29, 0.717) is 24.3 Å². The number of nitrogens with one attached hydrogen (secondary N) is 2. The fourth-order valence-corrected chi connectivity index (χ4v) is 5.85. The van der Waals surface area contributed by atoms with Crippen molar-refractivity contribution < 1.29 is 22.7 Å². The quantitative estimate of drug-likeness (QED) is 0.412. The summed E-state index contributed by atoms with van der Waals surface area (Å²) < 4.78 is 34.2. The number of carbonyl (C=O) groups excluding carboxylic acids is 2. The Morgan fingerprint density at radius 1 is 1.02 bits per heavy atom. The molecule has 1 aliphatic rings. The third-order valence-corrected chi connectivity index (χ3v) is 8.09. The highest BCUT2D eigenvalue weighted by molar-refractivity contribution is 7.92. The summed E-state index contributed by atoms with van der Waals surface area (Å²) in [5.74, 6) is 0.0849. The summed E-state index contributed by atoms with van der Waals surface area (Å²) in [6, 6.07) is 11.5. The number of piperazine rings is 1. The first-order chi connectivity index (χ1) is 19.2. The number of benzene rings is 2. The van der Waals surface area contributed by atoms with Crippen molar-refractivity contribution in [2.24, 2.45) is 7.05 Å². The van der Waals surface area contributed by atoms with Crippen molar-refractivity contribution in [2.75, 3.05) is 49.6 Å². The van der Waals surface area contributed by atoms with E-state index in [9.17, 15) is 18.0 Å². The second kappa shape index (κ2) is 11.7. The average Bonchev–Trinajstić information content (AvgIpc) is 3.24. The number of hydrogen-bond acceptors (Lipinski definition) is 6. The maximum absolute atomic E-state index is 13.7. The highest BCUT2D eigenvalue weighted by Gasteiger charge is 2.25. The molecule has 3 aromatic rings. The molecule has 10 nitrogen and oxygen atoms in total. The molecule has 0 unspecified atom stereocenters. The molecule has 0 spiro atoms. The summed E-state index contributed by atoms with van der Waals surface area (Å²) in [6.07, 6.45) is 1.60. The van der Waals surface area contributed by atoms with Crippen LogP contribution < -0.4 is 14.8 Å². The zero-order chi connectivity index (χ0) is 30.1. The Morgan fingerprint density at radius 3 is 2.27 bits per heavy atom. The number of para-hydroxylation sites is 1. The summed E-state index contributed by atoms with van der Waals surface area (Å²) in [6.45, 7) is 11.7. The standard InChI is InChI=1S/C30H41N5O5S/c1-8-26(36)35-14-12-34(13-15-35)19-21-11-9-10-20-16-25(33(5)27(20)21)29(37)31-23-17-22(30(2,3)4)18-24(28(23)40-6)32-41(7,38)39/h9-11,16-18,32H,8,12-15,19H2,1-7H3,(H,31,37). The number of fused-ring (bicyclic) bond motifs is 1. The number of anilines is 2. The van der Waals surface area contributed by atoms with Crippen LogP contribution in [0.25, 0.3) is 10.9 Å². The van der Waals surface area contributed by atoms with Gasteiger partial charge in [0.25, 0.3) is 5.91 Å². The lowest BCUT2D eigenvalue weighted by Gasteiger charge is -2.34. The van der Waals surface area contributed by atoms with Crippen LogP contribution in [-0.4, -0.2) is 74.1 Å². The van der Waals surface area contributed by atoms with Crippen LogP contribution >= 0.6 is 0 Å². The van der Waals surface area contributed by atoms with Crippen molar-refractivity contribution in [3.8, 4) is 5.75 Å². The molecule has 4 rings (SSSR count). The topological polar surface area (TPSA) is 113 Å². The molecule has 0 bridgehead atoms. The normalized spacial score (nSPS) is 14.8. The lowest BCUT2D eigenvalue weighted by Crippen LogP contribution is -2.48. The predicted molar refractivity (Wildman–Crippen MR) is 163 cm³/mol. The Balaban J connectivity index is 1.64. The largest absolute Gasteiger partial charge is 0.492 e. The zero-order valence-electron chi connectivity index (χ0n) is 25.0. The van der Waals surface area contributed by atoms with Crippen molar-refractivity contribution in [3.05, 3.63) is 53.2 Å².